The Kier molecular flexibility index (Phi) is 7.33. The van der Waals surface area contributed by atoms with Crippen LogP contribution >= 0.6 is 0 Å². The van der Waals surface area contributed by atoms with Crippen molar-refractivity contribution in [3.8, 4) is 0 Å². The second kappa shape index (κ2) is 10.1. The maximum atomic E-state index is 12.3. The van der Waals surface area contributed by atoms with Crippen LogP contribution in [0.4, 0.5) is 11.4 Å². The lowest BCUT2D eigenvalue weighted by molar-refractivity contribution is -0.144. The van der Waals surface area contributed by atoms with Gasteiger partial charge in [-0.3, -0.25) is 9.59 Å². The summed E-state index contributed by atoms with van der Waals surface area (Å²) in [6, 6.07) is 16.9. The van der Waals surface area contributed by atoms with Crippen molar-refractivity contribution in [1.82, 2.24) is 5.32 Å². The number of carbonyl (C=O) groups is 2. The van der Waals surface area contributed by atoms with Crippen molar-refractivity contribution in [3.63, 3.8) is 0 Å². The van der Waals surface area contributed by atoms with E-state index in [4.69, 9.17) is 4.74 Å². The van der Waals surface area contributed by atoms with E-state index >= 15 is 0 Å². The van der Waals surface area contributed by atoms with E-state index < -0.39 is 0 Å². The minimum atomic E-state index is -0.336. The zero-order valence-corrected chi connectivity index (χ0v) is 18.1. The van der Waals surface area contributed by atoms with Crippen molar-refractivity contribution < 1.29 is 14.3 Å². The monoisotopic (exact) mass is 409 g/mol. The van der Waals surface area contributed by atoms with Crippen LogP contribution in [0.1, 0.15) is 36.9 Å². The second-order valence-electron chi connectivity index (χ2n) is 7.68. The molecule has 30 heavy (non-hydrogen) atoms. The van der Waals surface area contributed by atoms with Crippen LogP contribution in [0.2, 0.25) is 0 Å². The van der Waals surface area contributed by atoms with Gasteiger partial charge in [0.05, 0.1) is 19.1 Å². The molecule has 0 saturated carbocycles. The number of carbonyl (C=O) groups excluding carboxylic acids is 2. The van der Waals surface area contributed by atoms with Gasteiger partial charge in [0.1, 0.15) is 0 Å². The predicted molar refractivity (Wildman–Crippen MR) is 120 cm³/mol. The Bertz CT molecular complexity index is 864. The molecule has 0 aliphatic carbocycles. The average Bonchev–Trinajstić information content (AvgIpc) is 3.17. The van der Waals surface area contributed by atoms with Crippen molar-refractivity contribution in [2.75, 3.05) is 43.6 Å². The molecule has 1 aliphatic rings. The summed E-state index contributed by atoms with van der Waals surface area (Å²) in [6.45, 7) is 3.49. The molecule has 3 rings (SSSR count). The lowest BCUT2D eigenvalue weighted by Gasteiger charge is -2.31. The highest BCUT2D eigenvalue weighted by Gasteiger charge is 2.27. The first-order valence-corrected chi connectivity index (χ1v) is 10.5. The third kappa shape index (κ3) is 5.32. The van der Waals surface area contributed by atoms with Crippen LogP contribution in [0.3, 0.4) is 0 Å². The molecule has 1 N–H and O–H groups in total. The number of benzene rings is 2. The number of hydrogen-bond donors (Lipinski definition) is 1. The molecule has 1 amide bonds. The molecule has 1 aliphatic heterocycles. The van der Waals surface area contributed by atoms with Gasteiger partial charge in [0.25, 0.3) is 0 Å². The number of nitrogens with one attached hydrogen (secondary N) is 1. The normalized spacial score (nSPS) is 13.5. The third-order valence-electron chi connectivity index (χ3n) is 5.45. The van der Waals surface area contributed by atoms with Crippen LogP contribution in [0, 0.1) is 0 Å². The Morgan fingerprint density at radius 2 is 1.83 bits per heavy atom. The zero-order valence-electron chi connectivity index (χ0n) is 18.1. The standard InChI is InChI=1S/C24H31N3O3/c1-4-30-24(29)14-13-23(28)25-17-22(19-9-11-20(12-10-19)26(2)3)27-16-15-18-7-5-6-8-21(18)27/h5-12,22H,4,13-17H2,1-3H3,(H,25,28)/t22-/m0/s1. The highest BCUT2D eigenvalue weighted by molar-refractivity contribution is 5.81. The number of para-hydroxylation sites is 1. The summed E-state index contributed by atoms with van der Waals surface area (Å²) in [4.78, 5) is 28.3. The van der Waals surface area contributed by atoms with Gasteiger partial charge in [-0.2, -0.15) is 0 Å². The first-order valence-electron chi connectivity index (χ1n) is 10.5. The predicted octanol–water partition coefficient (Wildman–Crippen LogP) is 3.32. The number of anilines is 2. The lowest BCUT2D eigenvalue weighted by Crippen LogP contribution is -2.37. The minimum Gasteiger partial charge on any atom is -0.466 e. The number of esters is 1. The van der Waals surface area contributed by atoms with E-state index in [-0.39, 0.29) is 30.8 Å². The van der Waals surface area contributed by atoms with Crippen LogP contribution in [-0.2, 0) is 20.7 Å². The fourth-order valence-electron chi connectivity index (χ4n) is 3.84. The van der Waals surface area contributed by atoms with Crippen LogP contribution in [-0.4, -0.2) is 45.7 Å². The molecule has 2 aromatic rings. The molecule has 160 valence electrons. The smallest absolute Gasteiger partial charge is 0.306 e. The van der Waals surface area contributed by atoms with Gasteiger partial charge in [-0.05, 0) is 42.7 Å². The van der Waals surface area contributed by atoms with Gasteiger partial charge in [-0.15, -0.1) is 0 Å². The Balaban J connectivity index is 1.73. The van der Waals surface area contributed by atoms with Crippen molar-refractivity contribution in [2.24, 2.45) is 0 Å². The number of fused-ring (bicyclic) bond motifs is 1. The average molecular weight is 410 g/mol. The largest absolute Gasteiger partial charge is 0.466 e. The Morgan fingerprint density at radius 1 is 1.10 bits per heavy atom. The quantitative estimate of drug-likeness (QED) is 0.644. The van der Waals surface area contributed by atoms with E-state index in [9.17, 15) is 9.59 Å². The van der Waals surface area contributed by atoms with Gasteiger partial charge in [-0.1, -0.05) is 30.3 Å². The summed E-state index contributed by atoms with van der Waals surface area (Å²) in [5.74, 6) is -0.470. The van der Waals surface area contributed by atoms with E-state index in [1.54, 1.807) is 6.92 Å². The molecular weight excluding hydrogens is 378 g/mol. The van der Waals surface area contributed by atoms with E-state index in [1.165, 1.54) is 11.3 Å². The van der Waals surface area contributed by atoms with Gasteiger partial charge in [0.2, 0.25) is 5.91 Å². The van der Waals surface area contributed by atoms with Crippen LogP contribution < -0.4 is 15.1 Å². The van der Waals surface area contributed by atoms with E-state index in [1.807, 2.05) is 14.1 Å². The summed E-state index contributed by atoms with van der Waals surface area (Å²) < 4.78 is 4.91. The molecule has 1 heterocycles. The number of hydrogen-bond acceptors (Lipinski definition) is 5. The van der Waals surface area contributed by atoms with Crippen LogP contribution in [0.5, 0.6) is 0 Å². The third-order valence-corrected chi connectivity index (χ3v) is 5.45. The van der Waals surface area contributed by atoms with Crippen molar-refractivity contribution in [1.29, 1.82) is 0 Å². The highest BCUT2D eigenvalue weighted by atomic mass is 16.5. The Hall–Kier alpha value is -3.02. The van der Waals surface area contributed by atoms with Gasteiger partial charge >= 0.3 is 5.97 Å². The first-order chi connectivity index (χ1) is 14.5. The van der Waals surface area contributed by atoms with E-state index in [0.717, 1.165) is 24.2 Å². The zero-order chi connectivity index (χ0) is 21.5. The highest BCUT2D eigenvalue weighted by Crippen LogP contribution is 2.35. The summed E-state index contributed by atoms with van der Waals surface area (Å²) in [5.41, 5.74) is 4.85. The molecule has 0 bridgehead atoms. The molecule has 0 saturated heterocycles. The molecule has 0 spiro atoms. The maximum Gasteiger partial charge on any atom is 0.306 e. The Morgan fingerprint density at radius 3 is 2.53 bits per heavy atom. The number of amides is 1. The molecule has 6 heteroatoms. The van der Waals surface area contributed by atoms with Gasteiger partial charge in [0.15, 0.2) is 0 Å². The summed E-state index contributed by atoms with van der Waals surface area (Å²) in [7, 11) is 4.04. The number of ether oxygens (including phenoxy) is 1. The SMILES string of the molecule is CCOC(=O)CCC(=O)NC[C@@H](c1ccc(N(C)C)cc1)N1CCc2ccccc21. The van der Waals surface area contributed by atoms with Crippen LogP contribution in [0.15, 0.2) is 48.5 Å². The molecule has 0 aromatic heterocycles. The van der Waals surface area contributed by atoms with Crippen LogP contribution in [0.25, 0.3) is 0 Å². The molecule has 6 nitrogen and oxygen atoms in total. The van der Waals surface area contributed by atoms with Crippen molar-refractivity contribution >= 4 is 23.3 Å². The minimum absolute atomic E-state index is 0.0244. The van der Waals surface area contributed by atoms with E-state index in [2.05, 4.69) is 63.6 Å². The van der Waals surface area contributed by atoms with Crippen molar-refractivity contribution in [2.45, 2.75) is 32.2 Å². The molecule has 0 fully saturated rings. The fraction of sp³-hybridized carbons (Fsp3) is 0.417. The van der Waals surface area contributed by atoms with Gasteiger partial charge < -0.3 is 19.9 Å². The maximum absolute atomic E-state index is 12.3. The molecule has 0 unspecified atom stereocenters. The second-order valence-corrected chi connectivity index (χ2v) is 7.68. The van der Waals surface area contributed by atoms with E-state index in [0.29, 0.717) is 13.2 Å². The summed E-state index contributed by atoms with van der Waals surface area (Å²) in [6.07, 6.45) is 1.25. The fourth-order valence-corrected chi connectivity index (χ4v) is 3.84. The van der Waals surface area contributed by atoms with Crippen molar-refractivity contribution in [3.05, 3.63) is 59.7 Å². The summed E-state index contributed by atoms with van der Waals surface area (Å²) in [5, 5.41) is 3.02. The van der Waals surface area contributed by atoms with Gasteiger partial charge in [-0.25, -0.2) is 0 Å². The molecular formula is C24H31N3O3. The molecule has 0 radical (unpaired) electrons. The first kappa shape index (κ1) is 21.7. The molecule has 1 atom stereocenters. The number of rotatable bonds is 9. The lowest BCUT2D eigenvalue weighted by atomic mass is 10.0. The molecule has 2 aromatic carbocycles. The van der Waals surface area contributed by atoms with Gasteiger partial charge in [0, 0.05) is 45.0 Å². The number of nitrogens with zero attached hydrogens (tertiary/aromatic N) is 2. The summed E-state index contributed by atoms with van der Waals surface area (Å²) >= 11 is 0. The topological polar surface area (TPSA) is 61.9 Å². The Labute approximate surface area is 178 Å².